The van der Waals surface area contributed by atoms with Crippen LogP contribution in [0.5, 0.6) is 0 Å². The first-order valence-electron chi connectivity index (χ1n) is 8.39. The van der Waals surface area contributed by atoms with Crippen molar-refractivity contribution in [2.45, 2.75) is 33.1 Å². The number of pyridine rings is 1. The van der Waals surface area contributed by atoms with Gasteiger partial charge in [-0.15, -0.1) is 24.8 Å². The van der Waals surface area contributed by atoms with Crippen molar-refractivity contribution in [3.8, 4) is 0 Å². The molecule has 1 aliphatic heterocycles. The smallest absolute Gasteiger partial charge is 0.255 e. The summed E-state index contributed by atoms with van der Waals surface area (Å²) in [5.41, 5.74) is 6.38. The van der Waals surface area contributed by atoms with Crippen molar-refractivity contribution in [3.05, 3.63) is 23.9 Å². The van der Waals surface area contributed by atoms with Crippen LogP contribution in [0.25, 0.3) is 0 Å². The third-order valence-corrected chi connectivity index (χ3v) is 4.43. The Kier molecular flexibility index (Phi) is 11.0. The molecule has 0 spiro atoms. The highest BCUT2D eigenvalue weighted by atomic mass is 35.5. The largest absolute Gasteiger partial charge is 0.357 e. The lowest BCUT2D eigenvalue weighted by molar-refractivity contribution is 0.0693. The topological polar surface area (TPSA) is 62.5 Å². The molecule has 1 aromatic rings. The van der Waals surface area contributed by atoms with Gasteiger partial charge in [0.05, 0.1) is 5.56 Å². The standard InChI is InChI=1S/C17H28N4O.2ClH/c1-3-9-20(4-2)16-6-5-15(13-19-16)17(22)21-10-7-14(12-18)8-11-21;;/h5-6,13-14H,3-4,7-12,18H2,1-2H3;2*1H. The molecule has 0 unspecified atom stereocenters. The van der Waals surface area contributed by atoms with Gasteiger partial charge in [0.2, 0.25) is 0 Å². The van der Waals surface area contributed by atoms with E-state index in [1.54, 1.807) is 6.20 Å². The Morgan fingerprint density at radius 1 is 1.29 bits per heavy atom. The Labute approximate surface area is 157 Å². The minimum Gasteiger partial charge on any atom is -0.357 e. The fourth-order valence-electron chi connectivity index (χ4n) is 2.96. The minimum atomic E-state index is 0. The number of carbonyl (C=O) groups excluding carboxylic acids is 1. The summed E-state index contributed by atoms with van der Waals surface area (Å²) in [6.45, 7) is 8.54. The van der Waals surface area contributed by atoms with Crippen molar-refractivity contribution >= 4 is 36.5 Å². The molecular weight excluding hydrogens is 347 g/mol. The predicted molar refractivity (Wildman–Crippen MR) is 105 cm³/mol. The number of hydrogen-bond acceptors (Lipinski definition) is 4. The van der Waals surface area contributed by atoms with Crippen LogP contribution in [-0.4, -0.2) is 48.5 Å². The van der Waals surface area contributed by atoms with Gasteiger partial charge < -0.3 is 15.5 Å². The summed E-state index contributed by atoms with van der Waals surface area (Å²) in [6.07, 6.45) is 4.82. The SMILES string of the molecule is CCCN(CC)c1ccc(C(=O)N2CCC(CN)CC2)cn1.Cl.Cl. The monoisotopic (exact) mass is 376 g/mol. The van der Waals surface area contributed by atoms with E-state index in [1.807, 2.05) is 17.0 Å². The molecule has 2 N–H and O–H groups in total. The number of rotatable bonds is 6. The summed E-state index contributed by atoms with van der Waals surface area (Å²) >= 11 is 0. The Bertz CT molecular complexity index is 476. The van der Waals surface area contributed by atoms with Crippen LogP contribution >= 0.6 is 24.8 Å². The van der Waals surface area contributed by atoms with Crippen LogP contribution in [0.4, 0.5) is 5.82 Å². The molecule has 0 saturated carbocycles. The zero-order valence-corrected chi connectivity index (χ0v) is 16.2. The number of nitrogens with zero attached hydrogens (tertiary/aromatic N) is 3. The first-order chi connectivity index (χ1) is 10.7. The fraction of sp³-hybridized carbons (Fsp3) is 0.647. The van der Waals surface area contributed by atoms with E-state index < -0.39 is 0 Å². The minimum absolute atomic E-state index is 0. The summed E-state index contributed by atoms with van der Waals surface area (Å²) in [7, 11) is 0. The molecular formula is C17H30Cl2N4O. The van der Waals surface area contributed by atoms with Gasteiger partial charge in [-0.1, -0.05) is 6.92 Å². The highest BCUT2D eigenvalue weighted by Crippen LogP contribution is 2.19. The number of likely N-dealkylation sites (tertiary alicyclic amines) is 1. The molecule has 138 valence electrons. The van der Waals surface area contributed by atoms with E-state index in [4.69, 9.17) is 5.73 Å². The van der Waals surface area contributed by atoms with Gasteiger partial charge >= 0.3 is 0 Å². The molecule has 0 atom stereocenters. The zero-order valence-electron chi connectivity index (χ0n) is 14.6. The summed E-state index contributed by atoms with van der Waals surface area (Å²) in [5, 5.41) is 0. The average Bonchev–Trinajstić information content (AvgIpc) is 2.59. The highest BCUT2D eigenvalue weighted by molar-refractivity contribution is 5.94. The molecule has 1 amide bonds. The van der Waals surface area contributed by atoms with Gasteiger partial charge in [0, 0.05) is 32.4 Å². The van der Waals surface area contributed by atoms with Gasteiger partial charge in [-0.2, -0.15) is 0 Å². The van der Waals surface area contributed by atoms with Crippen LogP contribution in [0.1, 0.15) is 43.5 Å². The number of anilines is 1. The molecule has 0 bridgehead atoms. The lowest BCUT2D eigenvalue weighted by atomic mass is 9.97. The van der Waals surface area contributed by atoms with Gasteiger partial charge in [-0.25, -0.2) is 4.98 Å². The number of piperidine rings is 1. The molecule has 1 aliphatic rings. The second-order valence-corrected chi connectivity index (χ2v) is 5.96. The van der Waals surface area contributed by atoms with E-state index in [2.05, 4.69) is 23.7 Å². The van der Waals surface area contributed by atoms with Crippen molar-refractivity contribution in [2.75, 3.05) is 37.6 Å². The van der Waals surface area contributed by atoms with Crippen LogP contribution in [0.15, 0.2) is 18.3 Å². The molecule has 0 radical (unpaired) electrons. The Balaban J connectivity index is 0.00000264. The molecule has 5 nitrogen and oxygen atoms in total. The number of nitrogens with two attached hydrogens (primary N) is 1. The predicted octanol–water partition coefficient (Wildman–Crippen LogP) is 2.97. The Morgan fingerprint density at radius 3 is 2.42 bits per heavy atom. The second kappa shape index (κ2) is 11.5. The second-order valence-electron chi connectivity index (χ2n) is 5.96. The van der Waals surface area contributed by atoms with E-state index >= 15 is 0 Å². The van der Waals surface area contributed by atoms with E-state index in [9.17, 15) is 4.79 Å². The third-order valence-electron chi connectivity index (χ3n) is 4.43. The van der Waals surface area contributed by atoms with Crippen LogP contribution < -0.4 is 10.6 Å². The molecule has 7 heteroatoms. The zero-order chi connectivity index (χ0) is 15.9. The van der Waals surface area contributed by atoms with E-state index in [0.717, 1.165) is 57.8 Å². The van der Waals surface area contributed by atoms with Crippen molar-refractivity contribution in [1.29, 1.82) is 0 Å². The molecule has 1 saturated heterocycles. The molecule has 0 aliphatic carbocycles. The van der Waals surface area contributed by atoms with Crippen molar-refractivity contribution in [2.24, 2.45) is 11.7 Å². The van der Waals surface area contributed by atoms with Gasteiger partial charge in [0.15, 0.2) is 0 Å². The highest BCUT2D eigenvalue weighted by Gasteiger charge is 2.23. The van der Waals surface area contributed by atoms with Gasteiger partial charge in [0.25, 0.3) is 5.91 Å². The first kappa shape index (κ1) is 23.0. The van der Waals surface area contributed by atoms with Crippen LogP contribution in [0.3, 0.4) is 0 Å². The number of amides is 1. The number of carbonyl (C=O) groups is 1. The molecule has 1 aromatic heterocycles. The quantitative estimate of drug-likeness (QED) is 0.828. The van der Waals surface area contributed by atoms with E-state index in [-0.39, 0.29) is 30.7 Å². The van der Waals surface area contributed by atoms with Crippen molar-refractivity contribution in [1.82, 2.24) is 9.88 Å². The summed E-state index contributed by atoms with van der Waals surface area (Å²) in [5.74, 6) is 1.60. The van der Waals surface area contributed by atoms with Crippen LogP contribution in [-0.2, 0) is 0 Å². The summed E-state index contributed by atoms with van der Waals surface area (Å²) in [4.78, 5) is 21.1. The molecule has 2 heterocycles. The maximum Gasteiger partial charge on any atom is 0.255 e. The third kappa shape index (κ3) is 5.80. The molecule has 0 aromatic carbocycles. The first-order valence-corrected chi connectivity index (χ1v) is 8.39. The number of aromatic nitrogens is 1. The maximum atomic E-state index is 12.5. The molecule has 24 heavy (non-hydrogen) atoms. The van der Waals surface area contributed by atoms with Crippen LogP contribution in [0.2, 0.25) is 0 Å². The maximum absolute atomic E-state index is 12.5. The number of hydrogen-bond donors (Lipinski definition) is 1. The average molecular weight is 377 g/mol. The Morgan fingerprint density at radius 2 is 1.96 bits per heavy atom. The number of halogens is 2. The molecule has 1 fully saturated rings. The van der Waals surface area contributed by atoms with Gasteiger partial charge in [-0.05, 0) is 50.8 Å². The van der Waals surface area contributed by atoms with Gasteiger partial charge in [-0.3, -0.25) is 4.79 Å². The lowest BCUT2D eigenvalue weighted by Crippen LogP contribution is -2.40. The summed E-state index contributed by atoms with van der Waals surface area (Å²) < 4.78 is 0. The van der Waals surface area contributed by atoms with Crippen molar-refractivity contribution in [3.63, 3.8) is 0 Å². The van der Waals surface area contributed by atoms with E-state index in [0.29, 0.717) is 11.5 Å². The van der Waals surface area contributed by atoms with Crippen LogP contribution in [0, 0.1) is 5.92 Å². The van der Waals surface area contributed by atoms with E-state index in [1.165, 1.54) is 0 Å². The molecule has 2 rings (SSSR count). The van der Waals surface area contributed by atoms with Gasteiger partial charge in [0.1, 0.15) is 5.82 Å². The normalized spacial score (nSPS) is 14.5. The summed E-state index contributed by atoms with van der Waals surface area (Å²) in [6, 6.07) is 3.86. The van der Waals surface area contributed by atoms with Crippen molar-refractivity contribution < 1.29 is 4.79 Å². The fourth-order valence-corrected chi connectivity index (χ4v) is 2.96. The Hall–Kier alpha value is -1.04. The lowest BCUT2D eigenvalue weighted by Gasteiger charge is -2.31.